The van der Waals surface area contributed by atoms with E-state index in [-0.39, 0.29) is 18.0 Å². The van der Waals surface area contributed by atoms with Crippen LogP contribution in [-0.4, -0.2) is 54.6 Å². The van der Waals surface area contributed by atoms with Crippen LogP contribution in [0.25, 0.3) is 0 Å². The first-order chi connectivity index (χ1) is 11.6. The van der Waals surface area contributed by atoms with Gasteiger partial charge in [-0.3, -0.25) is 4.79 Å². The lowest BCUT2D eigenvalue weighted by Crippen LogP contribution is -2.56. The van der Waals surface area contributed by atoms with E-state index >= 15 is 0 Å². The summed E-state index contributed by atoms with van der Waals surface area (Å²) in [6.07, 6.45) is 10.9. The Bertz CT molecular complexity index is 436. The Balaban J connectivity index is 1.32. The molecule has 136 valence electrons. The van der Waals surface area contributed by atoms with Crippen molar-refractivity contribution in [2.24, 2.45) is 0 Å². The van der Waals surface area contributed by atoms with Gasteiger partial charge in [0.2, 0.25) is 5.91 Å². The molecule has 3 amide bonds. The first-order valence-corrected chi connectivity index (χ1v) is 9.67. The largest absolute Gasteiger partial charge is 0.353 e. The molecular weight excluding hydrogens is 304 g/mol. The van der Waals surface area contributed by atoms with Crippen molar-refractivity contribution in [1.29, 1.82) is 0 Å². The van der Waals surface area contributed by atoms with E-state index in [4.69, 9.17) is 0 Å². The Morgan fingerprint density at radius 3 is 2.25 bits per heavy atom. The molecule has 2 saturated heterocycles. The molecule has 0 radical (unpaired) electrons. The second kappa shape index (κ2) is 8.19. The van der Waals surface area contributed by atoms with E-state index in [1.165, 1.54) is 32.1 Å². The van der Waals surface area contributed by atoms with Crippen molar-refractivity contribution < 1.29 is 9.59 Å². The normalized spacial score (nSPS) is 30.8. The number of hydrogen-bond donors (Lipinski definition) is 3. The molecular formula is C18H32N4O2. The fourth-order valence-electron chi connectivity index (χ4n) is 4.63. The molecule has 2 unspecified atom stereocenters. The fourth-order valence-corrected chi connectivity index (χ4v) is 4.63. The lowest BCUT2D eigenvalue weighted by Gasteiger charge is -2.47. The molecule has 0 spiro atoms. The Hall–Kier alpha value is -1.30. The van der Waals surface area contributed by atoms with Crippen molar-refractivity contribution in [2.75, 3.05) is 13.6 Å². The van der Waals surface area contributed by atoms with Crippen LogP contribution in [0.1, 0.15) is 64.2 Å². The SMILES string of the molecule is CN1C2CCCC1CC(NC(=O)NCCC(=O)NC1CCCC1)C2. The van der Waals surface area contributed by atoms with Crippen molar-refractivity contribution in [1.82, 2.24) is 20.9 Å². The highest BCUT2D eigenvalue weighted by Gasteiger charge is 2.36. The minimum absolute atomic E-state index is 0.0519. The summed E-state index contributed by atoms with van der Waals surface area (Å²) in [7, 11) is 2.22. The zero-order chi connectivity index (χ0) is 16.9. The van der Waals surface area contributed by atoms with Gasteiger partial charge in [-0.05, 0) is 45.6 Å². The maximum absolute atomic E-state index is 12.1. The fraction of sp³-hybridized carbons (Fsp3) is 0.889. The van der Waals surface area contributed by atoms with Crippen LogP contribution in [0, 0.1) is 0 Å². The topological polar surface area (TPSA) is 73.5 Å². The van der Waals surface area contributed by atoms with Gasteiger partial charge in [-0.25, -0.2) is 4.79 Å². The Labute approximate surface area is 145 Å². The summed E-state index contributed by atoms with van der Waals surface area (Å²) in [5.41, 5.74) is 0. The average Bonchev–Trinajstić information content (AvgIpc) is 3.01. The molecule has 2 heterocycles. The summed E-state index contributed by atoms with van der Waals surface area (Å²) in [6.45, 7) is 0.407. The van der Waals surface area contributed by atoms with Gasteiger partial charge in [-0.15, -0.1) is 0 Å². The van der Waals surface area contributed by atoms with Crippen molar-refractivity contribution in [3.8, 4) is 0 Å². The number of urea groups is 1. The Morgan fingerprint density at radius 2 is 1.58 bits per heavy atom. The van der Waals surface area contributed by atoms with Gasteiger partial charge < -0.3 is 20.9 Å². The summed E-state index contributed by atoms with van der Waals surface area (Å²) in [5.74, 6) is 0.0519. The number of nitrogens with zero attached hydrogens (tertiary/aromatic N) is 1. The van der Waals surface area contributed by atoms with E-state index in [1.807, 2.05) is 0 Å². The van der Waals surface area contributed by atoms with Crippen LogP contribution in [0.3, 0.4) is 0 Å². The van der Waals surface area contributed by atoms with Gasteiger partial charge in [0.1, 0.15) is 0 Å². The van der Waals surface area contributed by atoms with E-state index < -0.39 is 0 Å². The average molecular weight is 336 g/mol. The molecule has 2 aliphatic heterocycles. The van der Waals surface area contributed by atoms with Crippen LogP contribution in [0.4, 0.5) is 4.79 Å². The number of hydrogen-bond acceptors (Lipinski definition) is 3. The van der Waals surface area contributed by atoms with E-state index in [0.717, 1.165) is 25.7 Å². The van der Waals surface area contributed by atoms with Crippen LogP contribution in [0.2, 0.25) is 0 Å². The van der Waals surface area contributed by atoms with Crippen molar-refractivity contribution in [3.63, 3.8) is 0 Å². The highest BCUT2D eigenvalue weighted by molar-refractivity contribution is 5.78. The van der Waals surface area contributed by atoms with Gasteiger partial charge in [0.05, 0.1) is 0 Å². The lowest BCUT2D eigenvalue weighted by molar-refractivity contribution is -0.121. The van der Waals surface area contributed by atoms with Crippen molar-refractivity contribution >= 4 is 11.9 Å². The second-order valence-corrected chi connectivity index (χ2v) is 7.77. The molecule has 0 aromatic heterocycles. The highest BCUT2D eigenvalue weighted by atomic mass is 16.2. The van der Waals surface area contributed by atoms with Crippen molar-refractivity contribution in [2.45, 2.75) is 88.4 Å². The van der Waals surface area contributed by atoms with Crippen LogP contribution >= 0.6 is 0 Å². The molecule has 24 heavy (non-hydrogen) atoms. The molecule has 3 fully saturated rings. The number of nitrogens with one attached hydrogen (secondary N) is 3. The zero-order valence-electron chi connectivity index (χ0n) is 14.9. The van der Waals surface area contributed by atoms with Gasteiger partial charge >= 0.3 is 6.03 Å². The maximum atomic E-state index is 12.1. The molecule has 1 saturated carbocycles. The number of fused-ring (bicyclic) bond motifs is 2. The molecule has 2 atom stereocenters. The summed E-state index contributed by atoms with van der Waals surface area (Å²) < 4.78 is 0. The number of carbonyl (C=O) groups is 2. The summed E-state index contributed by atoms with van der Waals surface area (Å²) in [5, 5.41) is 8.99. The van der Waals surface area contributed by atoms with Crippen molar-refractivity contribution in [3.05, 3.63) is 0 Å². The third-order valence-corrected chi connectivity index (χ3v) is 6.03. The maximum Gasteiger partial charge on any atom is 0.315 e. The minimum Gasteiger partial charge on any atom is -0.353 e. The molecule has 0 aromatic rings. The van der Waals surface area contributed by atoms with Crippen LogP contribution in [0.5, 0.6) is 0 Å². The molecule has 1 aliphatic carbocycles. The standard InChI is InChI=1S/C18H32N4O2/c1-22-15-7-4-8-16(22)12-14(11-15)21-18(24)19-10-9-17(23)20-13-5-2-3-6-13/h13-16H,2-12H2,1H3,(H,20,23)(H2,19,21,24). The first-order valence-electron chi connectivity index (χ1n) is 9.67. The molecule has 2 bridgehead atoms. The summed E-state index contributed by atoms with van der Waals surface area (Å²) in [6, 6.07) is 1.71. The lowest BCUT2D eigenvalue weighted by atomic mass is 9.82. The molecule has 3 aliphatic rings. The third kappa shape index (κ3) is 4.62. The predicted molar refractivity (Wildman–Crippen MR) is 93.8 cm³/mol. The van der Waals surface area contributed by atoms with Crippen LogP contribution in [-0.2, 0) is 4.79 Å². The smallest absolute Gasteiger partial charge is 0.315 e. The van der Waals surface area contributed by atoms with E-state index in [1.54, 1.807) is 0 Å². The molecule has 0 aromatic carbocycles. The first kappa shape index (κ1) is 17.5. The van der Waals surface area contributed by atoms with E-state index in [2.05, 4.69) is 27.9 Å². The van der Waals surface area contributed by atoms with Gasteiger partial charge in [0.25, 0.3) is 0 Å². The van der Waals surface area contributed by atoms with E-state index in [9.17, 15) is 9.59 Å². The molecule has 6 heteroatoms. The summed E-state index contributed by atoms with van der Waals surface area (Å²) >= 11 is 0. The van der Waals surface area contributed by atoms with Crippen LogP contribution < -0.4 is 16.0 Å². The van der Waals surface area contributed by atoms with Gasteiger partial charge in [-0.2, -0.15) is 0 Å². The Morgan fingerprint density at radius 1 is 0.917 bits per heavy atom. The summed E-state index contributed by atoms with van der Waals surface area (Å²) in [4.78, 5) is 26.4. The Kier molecular flexibility index (Phi) is 5.98. The number of carbonyl (C=O) groups excluding carboxylic acids is 2. The number of rotatable bonds is 5. The monoisotopic (exact) mass is 336 g/mol. The molecule has 6 nitrogen and oxygen atoms in total. The third-order valence-electron chi connectivity index (χ3n) is 6.03. The predicted octanol–water partition coefficient (Wildman–Crippen LogP) is 1.75. The zero-order valence-corrected chi connectivity index (χ0v) is 14.9. The number of amides is 3. The molecule has 3 N–H and O–H groups in total. The quantitative estimate of drug-likeness (QED) is 0.716. The second-order valence-electron chi connectivity index (χ2n) is 7.77. The van der Waals surface area contributed by atoms with Gasteiger partial charge in [-0.1, -0.05) is 19.3 Å². The van der Waals surface area contributed by atoms with Gasteiger partial charge in [0.15, 0.2) is 0 Å². The highest BCUT2D eigenvalue weighted by Crippen LogP contribution is 2.32. The van der Waals surface area contributed by atoms with Gasteiger partial charge in [0, 0.05) is 37.1 Å². The van der Waals surface area contributed by atoms with Crippen LogP contribution in [0.15, 0.2) is 0 Å². The number of piperidine rings is 2. The van der Waals surface area contributed by atoms with E-state index in [0.29, 0.717) is 31.1 Å². The molecule has 3 rings (SSSR count). The minimum atomic E-state index is -0.128.